The fraction of sp³-hybridized carbons (Fsp3) is 0.362. The Morgan fingerprint density at radius 3 is 1.85 bits per heavy atom. The smallest absolute Gasteiger partial charge is 0.256 e. The van der Waals surface area contributed by atoms with Crippen LogP contribution in [0.3, 0.4) is 0 Å². The van der Waals surface area contributed by atoms with Crippen molar-refractivity contribution in [3.8, 4) is 11.5 Å². The summed E-state index contributed by atoms with van der Waals surface area (Å²) in [5.41, 5.74) is 4.08. The molecule has 0 radical (unpaired) electrons. The first-order chi connectivity index (χ1) is 28.9. The number of aromatic nitrogens is 4. The van der Waals surface area contributed by atoms with Gasteiger partial charge in [-0.3, -0.25) is 4.79 Å². The molecule has 4 atom stereocenters. The van der Waals surface area contributed by atoms with Gasteiger partial charge in [-0.1, -0.05) is 114 Å². The van der Waals surface area contributed by atoms with Crippen molar-refractivity contribution in [2.45, 2.75) is 81.3 Å². The van der Waals surface area contributed by atoms with Gasteiger partial charge in [0.1, 0.15) is 29.5 Å². The summed E-state index contributed by atoms with van der Waals surface area (Å²) in [4.78, 5) is 27.4. The number of methoxy groups -OCH3 is 2. The third kappa shape index (κ3) is 8.08. The minimum Gasteiger partial charge on any atom is -0.497 e. The van der Waals surface area contributed by atoms with Crippen LogP contribution in [0.15, 0.2) is 122 Å². The summed E-state index contributed by atoms with van der Waals surface area (Å²) in [6, 6.07) is 35.3. The number of carbonyl (C=O) groups is 1. The Morgan fingerprint density at radius 2 is 1.32 bits per heavy atom. The van der Waals surface area contributed by atoms with E-state index >= 15 is 0 Å². The molecule has 2 N–H and O–H groups in total. The highest BCUT2D eigenvalue weighted by Gasteiger charge is 2.53. The summed E-state index contributed by atoms with van der Waals surface area (Å²) in [5.74, 6) is 2.25. The lowest BCUT2D eigenvalue weighted by Crippen LogP contribution is -2.53. The first kappa shape index (κ1) is 43.0. The van der Waals surface area contributed by atoms with Gasteiger partial charge in [0.05, 0.1) is 38.0 Å². The van der Waals surface area contributed by atoms with Crippen molar-refractivity contribution in [2.75, 3.05) is 31.2 Å². The number of aliphatic hydroxyl groups is 1. The number of nitrogens with zero attached hydrogens (tertiary/aromatic N) is 4. The van der Waals surface area contributed by atoms with Gasteiger partial charge in [-0.2, -0.15) is 0 Å². The van der Waals surface area contributed by atoms with Gasteiger partial charge in [0, 0.05) is 11.3 Å². The van der Waals surface area contributed by atoms with E-state index in [4.69, 9.17) is 28.6 Å². The van der Waals surface area contributed by atoms with Crippen LogP contribution in [0, 0.1) is 0 Å². The number of nitrogens with one attached hydrogen (secondary N) is 1. The monoisotopic (exact) mass is 847 g/mol. The average molecular weight is 848 g/mol. The topological polar surface area (TPSA) is 130 Å². The maximum absolute atomic E-state index is 13.3. The van der Waals surface area contributed by atoms with Gasteiger partial charge in [0.25, 0.3) is 5.91 Å². The van der Waals surface area contributed by atoms with Crippen molar-refractivity contribution < 1.29 is 28.5 Å². The number of rotatable bonds is 16. The minimum atomic E-state index is -2.53. The molecule has 1 fully saturated rings. The lowest BCUT2D eigenvalue weighted by molar-refractivity contribution is 0.0356. The molecule has 11 nitrogen and oxygen atoms in total. The summed E-state index contributed by atoms with van der Waals surface area (Å²) in [6.45, 7) is 13.5. The lowest BCUT2D eigenvalue weighted by Gasteiger charge is -2.46. The van der Waals surface area contributed by atoms with E-state index in [-0.39, 0.29) is 27.9 Å². The molecule has 13 heteroatoms. The molecule has 6 aromatic rings. The largest absolute Gasteiger partial charge is 0.497 e. The lowest BCUT2D eigenvalue weighted by atomic mass is 9.80. The minimum absolute atomic E-state index is 0.283. The Bertz CT molecular complexity index is 2280. The van der Waals surface area contributed by atoms with Gasteiger partial charge in [-0.05, 0) is 69.7 Å². The summed E-state index contributed by atoms with van der Waals surface area (Å²) < 4.78 is 28.3. The van der Waals surface area contributed by atoms with Crippen molar-refractivity contribution in [1.29, 1.82) is 0 Å². The predicted molar refractivity (Wildman–Crippen MR) is 243 cm³/mol. The highest BCUT2D eigenvalue weighted by Crippen LogP contribution is 2.56. The number of aliphatic hydroxyl groups excluding tert-OH is 1. The number of benzene rings is 4. The first-order valence-electron chi connectivity index (χ1n) is 20.6. The number of hydrogen-bond acceptors (Lipinski definition) is 9. The number of fused-ring (bicyclic) bond motifs is 1. The molecule has 2 aromatic heterocycles. The molecule has 1 unspecified atom stereocenters. The molecule has 0 spiro atoms. The molecule has 1 saturated heterocycles. The second kappa shape index (κ2) is 18.3. The number of amides is 1. The van der Waals surface area contributed by atoms with Gasteiger partial charge < -0.3 is 33.6 Å². The molecule has 316 valence electrons. The number of hydrogen-bond donors (Lipinski definition) is 3. The molecule has 0 saturated carbocycles. The molecular weight excluding hydrogens is 791 g/mol. The van der Waals surface area contributed by atoms with E-state index < -0.39 is 37.0 Å². The van der Waals surface area contributed by atoms with Crippen LogP contribution in [0.25, 0.3) is 11.2 Å². The standard InChI is InChI=1S/C47H57N5O6SSi/c1-31(2)60(32(3)4,33(5)6)58-42-40(53)27-59(46(42)52-29-50-41-43(48-28-49-44(41)52)51-45(54)34-15-11-9-12-16-34)30-57-47(35-17-13-10-14-18-35,36-19-23-38(55-7)24-20-36)37-21-25-39(56-8)26-22-37/h9-26,28-29,31-33,40,42,46,53,59H,27,30H2,1-8H3,(H,48,49,51,54)/t40-,42-,46-/m1/s1. The Labute approximate surface area is 357 Å². The van der Waals surface area contributed by atoms with Crippen molar-refractivity contribution in [2.24, 2.45) is 0 Å². The maximum atomic E-state index is 13.3. The summed E-state index contributed by atoms with van der Waals surface area (Å²) in [6.07, 6.45) is 1.86. The van der Waals surface area contributed by atoms with Gasteiger partial charge in [-0.15, -0.1) is 0 Å². The fourth-order valence-corrected chi connectivity index (χ4v) is 17.7. The average Bonchev–Trinajstić information content (AvgIpc) is 3.83. The Morgan fingerprint density at radius 1 is 0.783 bits per heavy atom. The van der Waals surface area contributed by atoms with E-state index in [0.29, 0.717) is 34.2 Å². The van der Waals surface area contributed by atoms with Crippen LogP contribution in [-0.4, -0.2) is 77.0 Å². The number of thiol groups is 1. The maximum Gasteiger partial charge on any atom is 0.256 e. The molecule has 0 bridgehead atoms. The zero-order valence-corrected chi connectivity index (χ0v) is 37.5. The summed E-state index contributed by atoms with van der Waals surface area (Å²) in [5, 5.41) is 14.9. The van der Waals surface area contributed by atoms with Gasteiger partial charge in [0.2, 0.25) is 8.32 Å². The van der Waals surface area contributed by atoms with Gasteiger partial charge in [-0.25, -0.2) is 25.8 Å². The molecule has 1 amide bonds. The molecule has 0 aliphatic carbocycles. The third-order valence-electron chi connectivity index (χ3n) is 12.0. The Hall–Kier alpha value is -5.05. The van der Waals surface area contributed by atoms with E-state index in [1.165, 1.54) is 6.33 Å². The number of ether oxygens (including phenoxy) is 3. The van der Waals surface area contributed by atoms with Crippen LogP contribution in [0.1, 0.15) is 74.0 Å². The zero-order valence-electron chi connectivity index (χ0n) is 35.6. The fourth-order valence-electron chi connectivity index (χ4n) is 9.27. The normalized spacial score (nSPS) is 19.0. The second-order valence-corrected chi connectivity index (χ2v) is 24.0. The SMILES string of the molecule is COc1ccc(C(OC[SH]2C[C@@H](O)[C@@H](O[Si](C(C)C)(C(C)C)C(C)C)[C@@H]2n2cnc3c(NC(=O)c4ccccc4)ncnc32)(c2ccccc2)c2ccc(OC)cc2)cc1. The quantitative estimate of drug-likeness (QED) is 0.0496. The number of imidazole rings is 1. The first-order valence-corrected chi connectivity index (χ1v) is 24.5. The summed E-state index contributed by atoms with van der Waals surface area (Å²) >= 11 is 0. The Balaban J connectivity index is 1.36. The van der Waals surface area contributed by atoms with Crippen molar-refractivity contribution in [3.63, 3.8) is 0 Å². The number of anilines is 1. The van der Waals surface area contributed by atoms with Crippen LogP contribution in [0.2, 0.25) is 16.6 Å². The molecular formula is C47H57N5O6SSi. The predicted octanol–water partition coefficient (Wildman–Crippen LogP) is 9.50. The zero-order chi connectivity index (χ0) is 42.6. The molecule has 7 rings (SSSR count). The van der Waals surface area contributed by atoms with Crippen LogP contribution in [0.5, 0.6) is 11.5 Å². The van der Waals surface area contributed by atoms with Gasteiger partial charge >= 0.3 is 0 Å². The van der Waals surface area contributed by atoms with Crippen LogP contribution in [0.4, 0.5) is 5.82 Å². The number of carbonyl (C=O) groups excluding carboxylic acids is 1. The van der Waals surface area contributed by atoms with E-state index in [9.17, 15) is 9.90 Å². The van der Waals surface area contributed by atoms with Crippen LogP contribution < -0.4 is 14.8 Å². The highest BCUT2D eigenvalue weighted by atomic mass is 32.2. The van der Waals surface area contributed by atoms with E-state index in [2.05, 4.69) is 88.2 Å². The van der Waals surface area contributed by atoms with Crippen molar-refractivity contribution in [3.05, 3.63) is 144 Å². The highest BCUT2D eigenvalue weighted by molar-refractivity contribution is 8.17. The molecule has 4 aromatic carbocycles. The summed E-state index contributed by atoms with van der Waals surface area (Å²) in [7, 11) is -0.399. The van der Waals surface area contributed by atoms with Crippen molar-refractivity contribution in [1.82, 2.24) is 19.5 Å². The van der Waals surface area contributed by atoms with E-state index in [0.717, 1.165) is 28.2 Å². The van der Waals surface area contributed by atoms with Crippen molar-refractivity contribution >= 4 is 42.1 Å². The molecule has 1 aliphatic rings. The van der Waals surface area contributed by atoms with Gasteiger partial charge in [0.15, 0.2) is 17.0 Å². The van der Waals surface area contributed by atoms with Crippen LogP contribution in [-0.2, 0) is 14.8 Å². The molecule has 60 heavy (non-hydrogen) atoms. The molecule has 1 aliphatic heterocycles. The second-order valence-electron chi connectivity index (χ2n) is 16.3. The van der Waals surface area contributed by atoms with Crippen LogP contribution >= 0.6 is 10.9 Å². The van der Waals surface area contributed by atoms with E-state index in [1.807, 2.05) is 65.2 Å². The molecule has 3 heterocycles. The Kier molecular flexibility index (Phi) is 13.1. The third-order valence-corrected chi connectivity index (χ3v) is 20.7. The van der Waals surface area contributed by atoms with E-state index in [1.54, 1.807) is 32.7 Å².